The Balaban J connectivity index is 1.71. The molecule has 6 aromatic carbocycles. The van der Waals surface area contributed by atoms with Gasteiger partial charge in [0, 0.05) is 27.8 Å². The quantitative estimate of drug-likeness (QED) is 0.175. The van der Waals surface area contributed by atoms with E-state index in [2.05, 4.69) is 59.2 Å². The number of phenols is 1. The molecule has 0 saturated carbocycles. The van der Waals surface area contributed by atoms with Crippen molar-refractivity contribution in [3.8, 4) is 65.0 Å². The van der Waals surface area contributed by atoms with Gasteiger partial charge < -0.3 is 5.11 Å². The molecule has 1 nitrogen and oxygen atoms in total. The number of benzene rings is 6. The van der Waals surface area contributed by atoms with Crippen molar-refractivity contribution < 1.29 is 5.11 Å². The minimum Gasteiger partial charge on any atom is -0.505 e. The molecule has 0 fully saturated rings. The van der Waals surface area contributed by atoms with Gasteiger partial charge in [0.2, 0.25) is 0 Å². The predicted octanol–water partition coefficient (Wildman–Crippen LogP) is 8.39. The smallest absolute Gasteiger partial charge is 0.149 e. The molecule has 0 radical (unpaired) electrons. The average molecular weight is 595 g/mol. The third kappa shape index (κ3) is 7.91. The SMILES string of the molecule is Oc1c(C#Cc2ccccc2)c(C#Cc2ccccc2)c(C#Cc2ccccc2)c(C#Cc2ccccc2)c1C#Cc1ccccc1. The first-order valence-electron chi connectivity index (χ1n) is 15.0. The van der Waals surface area contributed by atoms with Crippen LogP contribution in [0.25, 0.3) is 0 Å². The molecule has 0 aliphatic rings. The van der Waals surface area contributed by atoms with Crippen molar-refractivity contribution in [3.05, 3.63) is 207 Å². The maximum absolute atomic E-state index is 12.0. The Morgan fingerprint density at radius 2 is 0.426 bits per heavy atom. The Hall–Kier alpha value is -7.08. The summed E-state index contributed by atoms with van der Waals surface area (Å²) in [4.78, 5) is 0. The molecule has 0 aromatic heterocycles. The molecule has 1 heteroatoms. The van der Waals surface area contributed by atoms with Crippen LogP contribution in [0.2, 0.25) is 0 Å². The summed E-state index contributed by atoms with van der Waals surface area (Å²) in [6.07, 6.45) is 0. The summed E-state index contributed by atoms with van der Waals surface area (Å²) in [5.41, 5.74) is 6.29. The van der Waals surface area contributed by atoms with Gasteiger partial charge in [0.25, 0.3) is 0 Å². The van der Waals surface area contributed by atoms with Crippen LogP contribution in [0.3, 0.4) is 0 Å². The Kier molecular flexibility index (Phi) is 9.61. The van der Waals surface area contributed by atoms with Crippen LogP contribution in [-0.4, -0.2) is 5.11 Å². The summed E-state index contributed by atoms with van der Waals surface area (Å²) >= 11 is 0. The van der Waals surface area contributed by atoms with Crippen molar-refractivity contribution in [2.24, 2.45) is 0 Å². The average Bonchev–Trinajstić information content (AvgIpc) is 3.14. The molecule has 6 rings (SSSR count). The summed E-state index contributed by atoms with van der Waals surface area (Å²) in [6.45, 7) is 0. The van der Waals surface area contributed by atoms with Crippen LogP contribution < -0.4 is 0 Å². The first-order valence-corrected chi connectivity index (χ1v) is 15.0. The molecule has 0 amide bonds. The molecule has 6 aromatic rings. The van der Waals surface area contributed by atoms with E-state index >= 15 is 0 Å². The summed E-state index contributed by atoms with van der Waals surface area (Å²) < 4.78 is 0. The molecule has 0 unspecified atom stereocenters. The second-order valence-corrected chi connectivity index (χ2v) is 10.3. The minimum absolute atomic E-state index is 0.0863. The molecular formula is C46H26O. The van der Waals surface area contributed by atoms with E-state index < -0.39 is 0 Å². The van der Waals surface area contributed by atoms with E-state index in [1.807, 2.05) is 152 Å². The van der Waals surface area contributed by atoms with Gasteiger partial charge in [-0.05, 0) is 60.7 Å². The summed E-state index contributed by atoms with van der Waals surface area (Å²) in [7, 11) is 0. The van der Waals surface area contributed by atoms with Crippen LogP contribution in [0.1, 0.15) is 55.6 Å². The molecule has 0 spiro atoms. The first-order chi connectivity index (χ1) is 23.2. The second-order valence-electron chi connectivity index (χ2n) is 10.3. The van der Waals surface area contributed by atoms with Gasteiger partial charge in [0.05, 0.1) is 27.8 Å². The topological polar surface area (TPSA) is 20.2 Å². The van der Waals surface area contributed by atoms with Crippen molar-refractivity contribution in [1.29, 1.82) is 0 Å². The lowest BCUT2D eigenvalue weighted by molar-refractivity contribution is 0.471. The third-order valence-corrected chi connectivity index (χ3v) is 7.00. The lowest BCUT2D eigenvalue weighted by Gasteiger charge is -2.11. The van der Waals surface area contributed by atoms with Crippen LogP contribution in [-0.2, 0) is 0 Å². The number of aromatic hydroxyl groups is 1. The predicted molar refractivity (Wildman–Crippen MR) is 190 cm³/mol. The molecule has 47 heavy (non-hydrogen) atoms. The monoisotopic (exact) mass is 594 g/mol. The number of hydrogen-bond donors (Lipinski definition) is 1. The Morgan fingerprint density at radius 1 is 0.234 bits per heavy atom. The zero-order valence-electron chi connectivity index (χ0n) is 25.4. The zero-order chi connectivity index (χ0) is 32.1. The van der Waals surface area contributed by atoms with Crippen LogP contribution in [0.5, 0.6) is 5.75 Å². The lowest BCUT2D eigenvalue weighted by Crippen LogP contribution is -2.01. The molecule has 1 N–H and O–H groups in total. The van der Waals surface area contributed by atoms with Crippen LogP contribution in [0.15, 0.2) is 152 Å². The van der Waals surface area contributed by atoms with E-state index in [1.54, 1.807) is 0 Å². The molecule has 0 bridgehead atoms. The Labute approximate surface area is 276 Å². The van der Waals surface area contributed by atoms with Gasteiger partial charge in [-0.1, -0.05) is 150 Å². The summed E-state index contributed by atoms with van der Waals surface area (Å²) in [6, 6.07) is 48.4. The molecular weight excluding hydrogens is 569 g/mol. The second kappa shape index (κ2) is 15.1. The molecule has 0 aliphatic heterocycles. The van der Waals surface area contributed by atoms with Gasteiger partial charge in [-0.15, -0.1) is 0 Å². The van der Waals surface area contributed by atoms with Crippen molar-refractivity contribution in [2.75, 3.05) is 0 Å². The highest BCUT2D eigenvalue weighted by molar-refractivity contribution is 5.77. The first kappa shape index (κ1) is 30.0. The third-order valence-electron chi connectivity index (χ3n) is 7.00. The van der Waals surface area contributed by atoms with Gasteiger partial charge >= 0.3 is 0 Å². The van der Waals surface area contributed by atoms with E-state index in [0.29, 0.717) is 27.8 Å². The zero-order valence-corrected chi connectivity index (χ0v) is 25.4. The molecule has 216 valence electrons. The van der Waals surface area contributed by atoms with Crippen molar-refractivity contribution in [3.63, 3.8) is 0 Å². The number of rotatable bonds is 0. The van der Waals surface area contributed by atoms with Gasteiger partial charge in [-0.3, -0.25) is 0 Å². The normalized spacial score (nSPS) is 9.36. The maximum atomic E-state index is 12.0. The Morgan fingerprint density at radius 3 is 0.660 bits per heavy atom. The fourth-order valence-corrected chi connectivity index (χ4v) is 4.64. The van der Waals surface area contributed by atoms with E-state index in [4.69, 9.17) is 0 Å². The van der Waals surface area contributed by atoms with Crippen LogP contribution >= 0.6 is 0 Å². The van der Waals surface area contributed by atoms with Gasteiger partial charge in [0.1, 0.15) is 5.75 Å². The number of hydrogen-bond acceptors (Lipinski definition) is 1. The largest absolute Gasteiger partial charge is 0.505 e. The maximum Gasteiger partial charge on any atom is 0.149 e. The molecule has 0 heterocycles. The highest BCUT2D eigenvalue weighted by Crippen LogP contribution is 2.32. The summed E-state index contributed by atoms with van der Waals surface area (Å²) in [5.74, 6) is 32.6. The number of phenolic OH excluding ortho intramolecular Hbond substituents is 1. The molecule has 0 saturated heterocycles. The van der Waals surface area contributed by atoms with E-state index in [9.17, 15) is 5.11 Å². The van der Waals surface area contributed by atoms with Crippen molar-refractivity contribution in [1.82, 2.24) is 0 Å². The van der Waals surface area contributed by atoms with E-state index in [0.717, 1.165) is 27.8 Å². The minimum atomic E-state index is -0.0863. The van der Waals surface area contributed by atoms with Crippen LogP contribution in [0.4, 0.5) is 0 Å². The fraction of sp³-hybridized carbons (Fsp3) is 0. The van der Waals surface area contributed by atoms with Crippen LogP contribution in [0, 0.1) is 59.2 Å². The van der Waals surface area contributed by atoms with Gasteiger partial charge in [-0.2, -0.15) is 0 Å². The van der Waals surface area contributed by atoms with Gasteiger partial charge in [-0.25, -0.2) is 0 Å². The Bertz CT molecular complexity index is 2190. The molecule has 0 aliphatic carbocycles. The summed E-state index contributed by atoms with van der Waals surface area (Å²) in [5, 5.41) is 12.0. The highest BCUT2D eigenvalue weighted by Gasteiger charge is 2.20. The van der Waals surface area contributed by atoms with E-state index in [1.165, 1.54) is 0 Å². The van der Waals surface area contributed by atoms with Crippen molar-refractivity contribution >= 4 is 0 Å². The fourth-order valence-electron chi connectivity index (χ4n) is 4.64. The highest BCUT2D eigenvalue weighted by atomic mass is 16.3. The van der Waals surface area contributed by atoms with E-state index in [-0.39, 0.29) is 5.75 Å². The standard InChI is InChI=1S/C46H26O/c47-46-44(34-29-39-22-12-4-13-23-39)42(32-27-37-18-8-2-9-19-37)41(31-26-36-16-6-1-7-17-36)43(33-28-38-20-10-3-11-21-38)45(46)35-30-40-24-14-5-15-25-40/h1-25,47H. The lowest BCUT2D eigenvalue weighted by atomic mass is 9.90. The molecule has 0 atom stereocenters. The van der Waals surface area contributed by atoms with Crippen molar-refractivity contribution in [2.45, 2.75) is 0 Å². The van der Waals surface area contributed by atoms with Gasteiger partial charge in [0.15, 0.2) is 0 Å².